The molecule has 5 nitrogen and oxygen atoms in total. The van der Waals surface area contributed by atoms with Gasteiger partial charge in [0.1, 0.15) is 16.0 Å². The van der Waals surface area contributed by atoms with Crippen molar-refractivity contribution < 1.29 is 9.53 Å². The number of carbonyl (C=O) groups excluding carboxylic acids is 1. The number of amides is 1. The molecule has 0 unspecified atom stereocenters. The minimum absolute atomic E-state index is 0.236. The van der Waals surface area contributed by atoms with Crippen LogP contribution in [0.3, 0.4) is 0 Å². The summed E-state index contributed by atoms with van der Waals surface area (Å²) in [7, 11) is 2.01. The SMILES string of the molecule is CN(c1cccc(Br)n1)[C@@H]1CCN(C(=O)OC(C)(C)C)C1. The highest BCUT2D eigenvalue weighted by Gasteiger charge is 2.32. The first-order valence-corrected chi connectivity index (χ1v) is 7.89. The topological polar surface area (TPSA) is 45.7 Å². The van der Waals surface area contributed by atoms with Gasteiger partial charge >= 0.3 is 6.09 Å². The minimum atomic E-state index is -0.451. The van der Waals surface area contributed by atoms with Gasteiger partial charge in [-0.2, -0.15) is 0 Å². The number of anilines is 1. The molecule has 1 atom stereocenters. The van der Waals surface area contributed by atoms with Crippen molar-refractivity contribution in [3.05, 3.63) is 22.8 Å². The summed E-state index contributed by atoms with van der Waals surface area (Å²) < 4.78 is 6.23. The number of nitrogens with zero attached hydrogens (tertiary/aromatic N) is 3. The molecule has 1 saturated heterocycles. The van der Waals surface area contributed by atoms with Crippen LogP contribution >= 0.6 is 15.9 Å². The molecular formula is C15H22BrN3O2. The fourth-order valence-electron chi connectivity index (χ4n) is 2.33. The fraction of sp³-hybridized carbons (Fsp3) is 0.600. The lowest BCUT2D eigenvalue weighted by Gasteiger charge is -2.27. The largest absolute Gasteiger partial charge is 0.444 e. The molecular weight excluding hydrogens is 334 g/mol. The molecule has 0 aromatic carbocycles. The maximum absolute atomic E-state index is 12.1. The van der Waals surface area contributed by atoms with E-state index in [1.165, 1.54) is 0 Å². The Morgan fingerprint density at radius 1 is 1.48 bits per heavy atom. The second kappa shape index (κ2) is 6.22. The fourth-order valence-corrected chi connectivity index (χ4v) is 2.67. The maximum Gasteiger partial charge on any atom is 0.410 e. The molecule has 1 aliphatic rings. The van der Waals surface area contributed by atoms with Crippen LogP contribution in [0.25, 0.3) is 0 Å². The van der Waals surface area contributed by atoms with E-state index in [1.807, 2.05) is 46.0 Å². The Kier molecular flexibility index (Phi) is 4.76. The molecule has 0 bridgehead atoms. The van der Waals surface area contributed by atoms with E-state index in [0.29, 0.717) is 6.54 Å². The Balaban J connectivity index is 1.97. The number of likely N-dealkylation sites (tertiary alicyclic amines) is 1. The van der Waals surface area contributed by atoms with Gasteiger partial charge in [-0.25, -0.2) is 9.78 Å². The lowest BCUT2D eigenvalue weighted by molar-refractivity contribution is 0.0292. The molecule has 0 aliphatic carbocycles. The molecule has 0 N–H and O–H groups in total. The van der Waals surface area contributed by atoms with Gasteiger partial charge in [0.15, 0.2) is 0 Å². The summed E-state index contributed by atoms with van der Waals surface area (Å²) >= 11 is 3.38. The van der Waals surface area contributed by atoms with Crippen molar-refractivity contribution in [1.82, 2.24) is 9.88 Å². The van der Waals surface area contributed by atoms with Crippen LogP contribution in [0.4, 0.5) is 10.6 Å². The predicted molar refractivity (Wildman–Crippen MR) is 86.6 cm³/mol. The molecule has 6 heteroatoms. The lowest BCUT2D eigenvalue weighted by atomic mass is 10.2. The number of aromatic nitrogens is 1. The van der Waals surface area contributed by atoms with Gasteiger partial charge in [0.2, 0.25) is 0 Å². The van der Waals surface area contributed by atoms with Crippen LogP contribution in [-0.2, 0) is 4.74 Å². The molecule has 1 fully saturated rings. The highest BCUT2D eigenvalue weighted by atomic mass is 79.9. The third-order valence-electron chi connectivity index (χ3n) is 3.42. The van der Waals surface area contributed by atoms with E-state index in [-0.39, 0.29) is 12.1 Å². The van der Waals surface area contributed by atoms with Gasteiger partial charge in [-0.3, -0.25) is 0 Å². The second-order valence-corrected chi connectivity index (χ2v) is 7.11. The van der Waals surface area contributed by atoms with Crippen LogP contribution in [0.2, 0.25) is 0 Å². The maximum atomic E-state index is 12.1. The van der Waals surface area contributed by atoms with Crippen molar-refractivity contribution in [2.45, 2.75) is 38.8 Å². The van der Waals surface area contributed by atoms with E-state index in [4.69, 9.17) is 4.74 Å². The Labute approximate surface area is 134 Å². The van der Waals surface area contributed by atoms with Gasteiger partial charge in [0, 0.05) is 26.2 Å². The van der Waals surface area contributed by atoms with Gasteiger partial charge < -0.3 is 14.5 Å². The van der Waals surface area contributed by atoms with E-state index >= 15 is 0 Å². The summed E-state index contributed by atoms with van der Waals surface area (Å²) in [5.41, 5.74) is -0.451. The summed E-state index contributed by atoms with van der Waals surface area (Å²) in [6.45, 7) is 7.04. The van der Waals surface area contributed by atoms with Crippen LogP contribution < -0.4 is 4.90 Å². The molecule has 1 aromatic rings. The zero-order valence-corrected chi connectivity index (χ0v) is 14.6. The molecule has 0 radical (unpaired) electrons. The standard InChI is InChI=1S/C15H22BrN3O2/c1-15(2,3)21-14(20)19-9-8-11(10-19)18(4)13-7-5-6-12(16)17-13/h5-7,11H,8-10H2,1-4H3/t11-/m1/s1. The smallest absolute Gasteiger partial charge is 0.410 e. The van der Waals surface area contributed by atoms with E-state index in [9.17, 15) is 4.79 Å². The predicted octanol–water partition coefficient (Wildman–Crippen LogP) is 3.29. The van der Waals surface area contributed by atoms with E-state index in [1.54, 1.807) is 4.90 Å². The molecule has 0 saturated carbocycles. The first kappa shape index (κ1) is 16.1. The monoisotopic (exact) mass is 355 g/mol. The summed E-state index contributed by atoms with van der Waals surface area (Å²) in [5, 5.41) is 0. The molecule has 1 aromatic heterocycles. The number of halogens is 1. The average Bonchev–Trinajstić information content (AvgIpc) is 2.85. The number of hydrogen-bond acceptors (Lipinski definition) is 4. The molecule has 2 rings (SSSR count). The van der Waals surface area contributed by atoms with Gasteiger partial charge in [-0.15, -0.1) is 0 Å². The van der Waals surface area contributed by atoms with Crippen LogP contribution in [0.15, 0.2) is 22.8 Å². The van der Waals surface area contributed by atoms with Crippen molar-refractivity contribution in [3.8, 4) is 0 Å². The number of rotatable bonds is 2. The van der Waals surface area contributed by atoms with E-state index in [0.717, 1.165) is 23.4 Å². The van der Waals surface area contributed by atoms with Crippen LogP contribution in [0, 0.1) is 0 Å². The zero-order chi connectivity index (χ0) is 15.6. The quantitative estimate of drug-likeness (QED) is 0.763. The van der Waals surface area contributed by atoms with Gasteiger partial charge in [0.05, 0.1) is 0 Å². The van der Waals surface area contributed by atoms with E-state index in [2.05, 4.69) is 25.8 Å². The molecule has 21 heavy (non-hydrogen) atoms. The molecule has 116 valence electrons. The number of pyridine rings is 1. The van der Waals surface area contributed by atoms with Crippen molar-refractivity contribution in [2.24, 2.45) is 0 Å². The normalized spacial score (nSPS) is 18.7. The molecule has 1 aliphatic heterocycles. The van der Waals surface area contributed by atoms with Gasteiger partial charge in [-0.05, 0) is 55.3 Å². The number of likely N-dealkylation sites (N-methyl/N-ethyl adjacent to an activating group) is 1. The summed E-state index contributed by atoms with van der Waals surface area (Å²) in [5.74, 6) is 0.903. The second-order valence-electron chi connectivity index (χ2n) is 6.30. The highest BCUT2D eigenvalue weighted by molar-refractivity contribution is 9.10. The van der Waals surface area contributed by atoms with Crippen molar-refractivity contribution in [1.29, 1.82) is 0 Å². The molecule has 1 amide bonds. The van der Waals surface area contributed by atoms with Gasteiger partial charge in [0.25, 0.3) is 0 Å². The number of hydrogen-bond donors (Lipinski definition) is 0. The third-order valence-corrected chi connectivity index (χ3v) is 3.87. The summed E-state index contributed by atoms with van der Waals surface area (Å²) in [6.07, 6.45) is 0.685. The minimum Gasteiger partial charge on any atom is -0.444 e. The van der Waals surface area contributed by atoms with Crippen molar-refractivity contribution in [2.75, 3.05) is 25.0 Å². The van der Waals surface area contributed by atoms with Crippen LogP contribution in [-0.4, -0.2) is 47.8 Å². The first-order chi connectivity index (χ1) is 9.76. The Morgan fingerprint density at radius 2 is 2.19 bits per heavy atom. The Hall–Kier alpha value is -1.30. The number of ether oxygens (including phenoxy) is 1. The van der Waals surface area contributed by atoms with Crippen LogP contribution in [0.1, 0.15) is 27.2 Å². The summed E-state index contributed by atoms with van der Waals surface area (Å²) in [4.78, 5) is 20.4. The molecule has 0 spiro atoms. The van der Waals surface area contributed by atoms with Crippen molar-refractivity contribution >= 4 is 27.8 Å². The number of carbonyl (C=O) groups is 1. The summed E-state index contributed by atoms with van der Waals surface area (Å²) in [6, 6.07) is 6.10. The van der Waals surface area contributed by atoms with Crippen LogP contribution in [0.5, 0.6) is 0 Å². The molecule has 2 heterocycles. The Morgan fingerprint density at radius 3 is 2.81 bits per heavy atom. The zero-order valence-electron chi connectivity index (χ0n) is 13.0. The Bertz CT molecular complexity index is 516. The third kappa shape index (κ3) is 4.33. The first-order valence-electron chi connectivity index (χ1n) is 7.09. The van der Waals surface area contributed by atoms with Crippen molar-refractivity contribution in [3.63, 3.8) is 0 Å². The average molecular weight is 356 g/mol. The lowest BCUT2D eigenvalue weighted by Crippen LogP contribution is -2.39. The van der Waals surface area contributed by atoms with Gasteiger partial charge in [-0.1, -0.05) is 6.07 Å². The highest BCUT2D eigenvalue weighted by Crippen LogP contribution is 2.22. The van der Waals surface area contributed by atoms with E-state index < -0.39 is 5.60 Å².